The normalized spacial score (nSPS) is 17.2. The number of nitrogens with zero attached hydrogens (tertiary/aromatic N) is 5. The number of benzene rings is 1. The second-order valence-corrected chi connectivity index (χ2v) is 6.60. The molecule has 136 valence electrons. The highest BCUT2D eigenvalue weighted by Crippen LogP contribution is 2.26. The van der Waals surface area contributed by atoms with E-state index in [0.29, 0.717) is 35.7 Å². The number of aryl methyl sites for hydroxylation is 1. The van der Waals surface area contributed by atoms with Crippen LogP contribution >= 0.6 is 0 Å². The number of rotatable bonds is 3. The fourth-order valence-corrected chi connectivity index (χ4v) is 3.21. The first-order chi connectivity index (χ1) is 12.3. The summed E-state index contributed by atoms with van der Waals surface area (Å²) in [4.78, 5) is 19.0. The highest BCUT2D eigenvalue weighted by Gasteiger charge is 2.32. The minimum absolute atomic E-state index is 0.135. The van der Waals surface area contributed by atoms with E-state index in [4.69, 9.17) is 0 Å². The molecule has 0 unspecified atom stereocenters. The standard InChI is InChI=1S/C19H22FN5O/c1-11(2)21-13(4)17-22-23-18-14(5)24(8-9-25(17)18)19(26)15-6-7-16(20)12(3)10-15/h6-7,10,14H,1,8-9H2,2-5H3/b21-13+/t14-/m1/s1. The Bertz CT molecular complexity index is 915. The predicted octanol–water partition coefficient (Wildman–Crippen LogP) is 3.29. The molecule has 6 nitrogen and oxygen atoms in total. The van der Waals surface area contributed by atoms with E-state index < -0.39 is 0 Å². The molecular weight excluding hydrogens is 333 g/mol. The van der Waals surface area contributed by atoms with Gasteiger partial charge in [0, 0.05) is 24.4 Å². The van der Waals surface area contributed by atoms with Gasteiger partial charge in [0.15, 0.2) is 11.6 Å². The summed E-state index contributed by atoms with van der Waals surface area (Å²) < 4.78 is 15.5. The summed E-state index contributed by atoms with van der Waals surface area (Å²) in [5, 5.41) is 8.52. The van der Waals surface area contributed by atoms with Gasteiger partial charge in [-0.05, 0) is 51.5 Å². The van der Waals surface area contributed by atoms with Crippen LogP contribution in [-0.4, -0.2) is 37.8 Å². The van der Waals surface area contributed by atoms with E-state index >= 15 is 0 Å². The number of fused-ring (bicyclic) bond motifs is 1. The van der Waals surface area contributed by atoms with Crippen LogP contribution in [0.15, 0.2) is 35.5 Å². The fraction of sp³-hybridized carbons (Fsp3) is 0.368. The smallest absolute Gasteiger partial charge is 0.254 e. The van der Waals surface area contributed by atoms with Crippen LogP contribution in [0.25, 0.3) is 0 Å². The number of carbonyl (C=O) groups is 1. The number of halogens is 1. The molecule has 1 aliphatic rings. The molecule has 26 heavy (non-hydrogen) atoms. The first kappa shape index (κ1) is 18.0. The maximum Gasteiger partial charge on any atom is 0.254 e. The van der Waals surface area contributed by atoms with E-state index in [-0.39, 0.29) is 17.8 Å². The number of hydrogen-bond donors (Lipinski definition) is 0. The molecule has 1 atom stereocenters. The lowest BCUT2D eigenvalue weighted by Crippen LogP contribution is -2.41. The molecule has 1 aromatic carbocycles. The second-order valence-electron chi connectivity index (χ2n) is 6.60. The molecule has 0 fully saturated rings. The van der Waals surface area contributed by atoms with Crippen molar-refractivity contribution in [3.05, 3.63) is 59.1 Å². The van der Waals surface area contributed by atoms with Gasteiger partial charge in [-0.3, -0.25) is 9.79 Å². The topological polar surface area (TPSA) is 63.4 Å². The SMILES string of the molecule is C=C(C)/N=C(\C)c1nnc2n1CCN(C(=O)c1ccc(F)c(C)c1)[C@@H]2C. The Morgan fingerprint density at radius 1 is 1.31 bits per heavy atom. The van der Waals surface area contributed by atoms with Crippen LogP contribution in [0.4, 0.5) is 4.39 Å². The number of hydrogen-bond acceptors (Lipinski definition) is 4. The van der Waals surface area contributed by atoms with Crippen LogP contribution < -0.4 is 0 Å². The number of amides is 1. The van der Waals surface area contributed by atoms with Crippen LogP contribution in [0.2, 0.25) is 0 Å². The molecule has 1 amide bonds. The van der Waals surface area contributed by atoms with Crippen molar-refractivity contribution in [3.8, 4) is 0 Å². The Morgan fingerprint density at radius 2 is 2.04 bits per heavy atom. The second kappa shape index (κ2) is 6.82. The average Bonchev–Trinajstić information content (AvgIpc) is 3.01. The van der Waals surface area contributed by atoms with Crippen molar-refractivity contribution in [1.29, 1.82) is 0 Å². The first-order valence-electron chi connectivity index (χ1n) is 8.51. The number of carbonyl (C=O) groups excluding carboxylic acids is 1. The predicted molar refractivity (Wildman–Crippen MR) is 97.6 cm³/mol. The summed E-state index contributed by atoms with van der Waals surface area (Å²) in [6, 6.07) is 4.19. The lowest BCUT2D eigenvalue weighted by Gasteiger charge is -2.33. The molecule has 3 rings (SSSR count). The monoisotopic (exact) mass is 355 g/mol. The van der Waals surface area contributed by atoms with Gasteiger partial charge in [0.1, 0.15) is 5.82 Å². The summed E-state index contributed by atoms with van der Waals surface area (Å²) in [6.07, 6.45) is 0. The van der Waals surface area contributed by atoms with Crippen molar-refractivity contribution in [2.24, 2.45) is 4.99 Å². The molecule has 1 aliphatic heterocycles. The molecule has 1 aromatic heterocycles. The fourth-order valence-electron chi connectivity index (χ4n) is 3.21. The summed E-state index contributed by atoms with van der Waals surface area (Å²) >= 11 is 0. The molecule has 0 N–H and O–H groups in total. The van der Waals surface area contributed by atoms with Crippen molar-refractivity contribution in [2.45, 2.75) is 40.3 Å². The van der Waals surface area contributed by atoms with E-state index in [1.165, 1.54) is 12.1 Å². The van der Waals surface area contributed by atoms with Gasteiger partial charge >= 0.3 is 0 Å². The maximum absolute atomic E-state index is 13.5. The summed E-state index contributed by atoms with van der Waals surface area (Å²) in [7, 11) is 0. The zero-order chi connectivity index (χ0) is 19.0. The number of allylic oxidation sites excluding steroid dienone is 1. The van der Waals surface area contributed by atoms with Gasteiger partial charge in [0.25, 0.3) is 5.91 Å². The van der Waals surface area contributed by atoms with Gasteiger partial charge in [0.05, 0.1) is 11.8 Å². The van der Waals surface area contributed by atoms with Gasteiger partial charge in [-0.2, -0.15) is 0 Å². The molecule has 0 radical (unpaired) electrons. The third-order valence-corrected chi connectivity index (χ3v) is 4.53. The van der Waals surface area contributed by atoms with Crippen LogP contribution in [0.5, 0.6) is 0 Å². The Kier molecular flexibility index (Phi) is 4.71. The molecule has 2 heterocycles. The van der Waals surface area contributed by atoms with Crippen LogP contribution in [0, 0.1) is 12.7 Å². The van der Waals surface area contributed by atoms with E-state index in [1.807, 2.05) is 25.3 Å². The maximum atomic E-state index is 13.5. The lowest BCUT2D eigenvalue weighted by atomic mass is 10.1. The molecule has 0 aliphatic carbocycles. The van der Waals surface area contributed by atoms with Gasteiger partial charge in [-0.25, -0.2) is 4.39 Å². The van der Waals surface area contributed by atoms with E-state index in [0.717, 1.165) is 11.5 Å². The third-order valence-electron chi connectivity index (χ3n) is 4.53. The molecule has 0 saturated heterocycles. The number of aromatic nitrogens is 3. The van der Waals surface area contributed by atoms with E-state index in [9.17, 15) is 9.18 Å². The minimum Gasteiger partial charge on any atom is -0.327 e. The van der Waals surface area contributed by atoms with Crippen molar-refractivity contribution in [2.75, 3.05) is 6.54 Å². The Labute approximate surface area is 152 Å². The van der Waals surface area contributed by atoms with Crippen molar-refractivity contribution in [1.82, 2.24) is 19.7 Å². The average molecular weight is 355 g/mol. The Hall–Kier alpha value is -2.83. The van der Waals surface area contributed by atoms with Crippen LogP contribution in [0.3, 0.4) is 0 Å². The van der Waals surface area contributed by atoms with Gasteiger partial charge < -0.3 is 9.47 Å². The molecular formula is C19H22FN5O. The first-order valence-corrected chi connectivity index (χ1v) is 8.51. The molecule has 2 aromatic rings. The number of aliphatic imine (C=N–C) groups is 1. The summed E-state index contributed by atoms with van der Waals surface area (Å²) in [5.74, 6) is 0.961. The van der Waals surface area contributed by atoms with Gasteiger partial charge in [0.2, 0.25) is 0 Å². The Balaban J connectivity index is 1.90. The lowest BCUT2D eigenvalue weighted by molar-refractivity contribution is 0.0637. The Morgan fingerprint density at radius 3 is 2.69 bits per heavy atom. The largest absolute Gasteiger partial charge is 0.327 e. The third kappa shape index (κ3) is 3.16. The van der Waals surface area contributed by atoms with Crippen molar-refractivity contribution >= 4 is 11.6 Å². The zero-order valence-corrected chi connectivity index (χ0v) is 15.5. The minimum atomic E-state index is -0.315. The highest BCUT2D eigenvalue weighted by molar-refractivity contribution is 5.96. The van der Waals surface area contributed by atoms with Gasteiger partial charge in [-0.15, -0.1) is 10.2 Å². The van der Waals surface area contributed by atoms with Gasteiger partial charge in [-0.1, -0.05) is 6.58 Å². The molecule has 0 bridgehead atoms. The van der Waals surface area contributed by atoms with Crippen molar-refractivity contribution < 1.29 is 9.18 Å². The van der Waals surface area contributed by atoms with Crippen molar-refractivity contribution in [3.63, 3.8) is 0 Å². The summed E-state index contributed by atoms with van der Waals surface area (Å²) in [5.41, 5.74) is 2.38. The molecule has 0 spiro atoms. The highest BCUT2D eigenvalue weighted by atomic mass is 19.1. The molecule has 0 saturated carbocycles. The molecule has 7 heteroatoms. The quantitative estimate of drug-likeness (QED) is 0.794. The zero-order valence-electron chi connectivity index (χ0n) is 15.5. The van der Waals surface area contributed by atoms with E-state index in [2.05, 4.69) is 21.8 Å². The summed E-state index contributed by atoms with van der Waals surface area (Å²) in [6.45, 7) is 12.2. The van der Waals surface area contributed by atoms with Crippen LogP contribution in [-0.2, 0) is 6.54 Å². The van der Waals surface area contributed by atoms with Crippen LogP contribution in [0.1, 0.15) is 54.4 Å². The van der Waals surface area contributed by atoms with E-state index in [1.54, 1.807) is 17.9 Å².